The molecule has 3 aliphatic rings. The normalized spacial score (nSPS) is 42.6. The third-order valence-corrected chi connectivity index (χ3v) is 6.14. The number of rotatable bonds is 4. The van der Waals surface area contributed by atoms with E-state index in [1.165, 1.54) is 57.9 Å². The van der Waals surface area contributed by atoms with E-state index in [9.17, 15) is 0 Å². The van der Waals surface area contributed by atoms with Crippen LogP contribution in [0.4, 0.5) is 0 Å². The zero-order valence-corrected chi connectivity index (χ0v) is 13.2. The second kappa shape index (κ2) is 6.33. The molecule has 20 heavy (non-hydrogen) atoms. The van der Waals surface area contributed by atoms with Crippen LogP contribution in [0.1, 0.15) is 64.7 Å². The summed E-state index contributed by atoms with van der Waals surface area (Å²) >= 11 is 0. The van der Waals surface area contributed by atoms with E-state index in [2.05, 4.69) is 11.8 Å². The fraction of sp³-hybridized carbons (Fsp3) is 1.00. The van der Waals surface area contributed by atoms with Gasteiger partial charge in [0.15, 0.2) is 0 Å². The van der Waals surface area contributed by atoms with E-state index >= 15 is 0 Å². The highest BCUT2D eigenvalue weighted by molar-refractivity contribution is 5.03. The largest absolute Gasteiger partial charge is 0.378 e. The Morgan fingerprint density at radius 2 is 2.10 bits per heavy atom. The number of fused-ring (bicyclic) bond motifs is 1. The lowest BCUT2D eigenvalue weighted by atomic mass is 9.80. The molecule has 0 bridgehead atoms. The summed E-state index contributed by atoms with van der Waals surface area (Å²) in [5, 5.41) is 0. The molecule has 4 unspecified atom stereocenters. The van der Waals surface area contributed by atoms with Crippen LogP contribution in [0.25, 0.3) is 0 Å². The summed E-state index contributed by atoms with van der Waals surface area (Å²) in [6.07, 6.45) is 12.3. The monoisotopic (exact) mass is 280 g/mol. The van der Waals surface area contributed by atoms with Gasteiger partial charge in [-0.3, -0.25) is 4.90 Å². The maximum Gasteiger partial charge on any atom is 0.0593 e. The number of nitrogens with zero attached hydrogens (tertiary/aromatic N) is 1. The molecule has 0 amide bonds. The smallest absolute Gasteiger partial charge is 0.0593 e. The number of hydrogen-bond acceptors (Lipinski definition) is 3. The SMILES string of the molecule is CCCC1CC(CN)(N2CCC3CCCCC32)CCO1. The highest BCUT2D eigenvalue weighted by atomic mass is 16.5. The van der Waals surface area contributed by atoms with Crippen molar-refractivity contribution in [2.75, 3.05) is 19.7 Å². The Hall–Kier alpha value is -0.120. The lowest BCUT2D eigenvalue weighted by Gasteiger charge is -2.50. The molecule has 0 aromatic heterocycles. The van der Waals surface area contributed by atoms with Crippen molar-refractivity contribution in [3.63, 3.8) is 0 Å². The quantitative estimate of drug-likeness (QED) is 0.860. The van der Waals surface area contributed by atoms with Gasteiger partial charge in [0.1, 0.15) is 0 Å². The number of ether oxygens (including phenoxy) is 1. The van der Waals surface area contributed by atoms with E-state index in [4.69, 9.17) is 10.5 Å². The first-order valence-electron chi connectivity index (χ1n) is 8.87. The van der Waals surface area contributed by atoms with Gasteiger partial charge in [-0.1, -0.05) is 26.2 Å². The molecule has 116 valence electrons. The van der Waals surface area contributed by atoms with Crippen molar-refractivity contribution in [3.05, 3.63) is 0 Å². The second-order valence-electron chi connectivity index (χ2n) is 7.26. The zero-order valence-electron chi connectivity index (χ0n) is 13.2. The van der Waals surface area contributed by atoms with Crippen molar-refractivity contribution in [2.45, 2.75) is 82.4 Å². The molecular weight excluding hydrogens is 248 g/mol. The molecule has 1 saturated carbocycles. The van der Waals surface area contributed by atoms with Gasteiger partial charge in [0.2, 0.25) is 0 Å². The van der Waals surface area contributed by atoms with E-state index in [1.807, 2.05) is 0 Å². The first kappa shape index (κ1) is 14.8. The molecule has 3 fully saturated rings. The lowest BCUT2D eigenvalue weighted by molar-refractivity contribution is -0.0822. The molecule has 2 aliphatic heterocycles. The Morgan fingerprint density at radius 1 is 1.25 bits per heavy atom. The minimum Gasteiger partial charge on any atom is -0.378 e. The van der Waals surface area contributed by atoms with E-state index in [1.54, 1.807) is 0 Å². The fourth-order valence-corrected chi connectivity index (χ4v) is 5.07. The predicted octanol–water partition coefficient (Wildman–Crippen LogP) is 2.93. The minimum absolute atomic E-state index is 0.245. The Balaban J connectivity index is 1.74. The maximum atomic E-state index is 6.30. The Labute approximate surface area is 124 Å². The van der Waals surface area contributed by atoms with Crippen LogP contribution in [0.3, 0.4) is 0 Å². The van der Waals surface area contributed by atoms with Crippen molar-refractivity contribution in [1.29, 1.82) is 0 Å². The summed E-state index contributed by atoms with van der Waals surface area (Å²) in [5.74, 6) is 0.958. The fourth-order valence-electron chi connectivity index (χ4n) is 5.07. The summed E-state index contributed by atoms with van der Waals surface area (Å²) in [7, 11) is 0. The Morgan fingerprint density at radius 3 is 2.90 bits per heavy atom. The lowest BCUT2D eigenvalue weighted by Crippen LogP contribution is -2.60. The van der Waals surface area contributed by atoms with Crippen molar-refractivity contribution in [3.8, 4) is 0 Å². The van der Waals surface area contributed by atoms with Crippen molar-refractivity contribution >= 4 is 0 Å². The van der Waals surface area contributed by atoms with Crippen LogP contribution in [-0.2, 0) is 4.74 Å². The van der Waals surface area contributed by atoms with Gasteiger partial charge in [-0.25, -0.2) is 0 Å². The second-order valence-corrected chi connectivity index (χ2v) is 7.26. The minimum atomic E-state index is 0.245. The third-order valence-electron chi connectivity index (χ3n) is 6.14. The van der Waals surface area contributed by atoms with Crippen LogP contribution in [-0.4, -0.2) is 42.3 Å². The van der Waals surface area contributed by atoms with E-state index < -0.39 is 0 Å². The summed E-state index contributed by atoms with van der Waals surface area (Å²) < 4.78 is 5.99. The molecule has 2 N–H and O–H groups in total. The summed E-state index contributed by atoms with van der Waals surface area (Å²) in [4.78, 5) is 2.84. The first-order chi connectivity index (χ1) is 9.79. The van der Waals surface area contributed by atoms with Gasteiger partial charge in [0.05, 0.1) is 6.10 Å². The topological polar surface area (TPSA) is 38.5 Å². The van der Waals surface area contributed by atoms with Gasteiger partial charge in [-0.2, -0.15) is 0 Å². The van der Waals surface area contributed by atoms with Gasteiger partial charge >= 0.3 is 0 Å². The molecule has 0 spiro atoms. The summed E-state index contributed by atoms with van der Waals surface area (Å²) in [5.41, 5.74) is 6.55. The zero-order chi connectivity index (χ0) is 14.0. The average Bonchev–Trinajstić information content (AvgIpc) is 2.92. The number of nitrogens with two attached hydrogens (primary N) is 1. The third kappa shape index (κ3) is 2.65. The summed E-state index contributed by atoms with van der Waals surface area (Å²) in [6.45, 7) is 5.27. The van der Waals surface area contributed by atoms with Crippen molar-refractivity contribution in [2.24, 2.45) is 11.7 Å². The van der Waals surface area contributed by atoms with Crippen LogP contribution >= 0.6 is 0 Å². The Bertz CT molecular complexity index is 320. The highest BCUT2D eigenvalue weighted by Crippen LogP contribution is 2.43. The van der Waals surface area contributed by atoms with Gasteiger partial charge in [0, 0.05) is 24.7 Å². The molecule has 0 aromatic carbocycles. The van der Waals surface area contributed by atoms with Gasteiger partial charge < -0.3 is 10.5 Å². The maximum absolute atomic E-state index is 6.30. The highest BCUT2D eigenvalue weighted by Gasteiger charge is 2.48. The van der Waals surface area contributed by atoms with Crippen molar-refractivity contribution < 1.29 is 4.74 Å². The Kier molecular flexibility index (Phi) is 4.68. The number of likely N-dealkylation sites (tertiary alicyclic amines) is 1. The molecule has 2 saturated heterocycles. The van der Waals surface area contributed by atoms with Crippen molar-refractivity contribution in [1.82, 2.24) is 4.90 Å². The predicted molar refractivity (Wildman–Crippen MR) is 82.7 cm³/mol. The standard InChI is InChI=1S/C17H32N2O/c1-2-5-15-12-17(13-18,9-11-20-15)19-10-8-14-6-3-4-7-16(14)19/h14-16H,2-13,18H2,1H3. The molecule has 3 heteroatoms. The molecule has 0 radical (unpaired) electrons. The number of hydrogen-bond donors (Lipinski definition) is 1. The van der Waals surface area contributed by atoms with Gasteiger partial charge in [-0.15, -0.1) is 0 Å². The molecule has 4 atom stereocenters. The van der Waals surface area contributed by atoms with Crippen LogP contribution in [0, 0.1) is 5.92 Å². The van der Waals surface area contributed by atoms with E-state index in [0.29, 0.717) is 6.10 Å². The van der Waals surface area contributed by atoms with Crippen LogP contribution in [0.15, 0.2) is 0 Å². The summed E-state index contributed by atoms with van der Waals surface area (Å²) in [6, 6.07) is 0.827. The molecule has 3 rings (SSSR count). The van der Waals surface area contributed by atoms with Gasteiger partial charge in [0.25, 0.3) is 0 Å². The molecule has 1 aliphatic carbocycles. The van der Waals surface area contributed by atoms with Crippen LogP contribution < -0.4 is 5.73 Å². The van der Waals surface area contributed by atoms with Crippen LogP contribution in [0.2, 0.25) is 0 Å². The first-order valence-corrected chi connectivity index (χ1v) is 8.87. The average molecular weight is 280 g/mol. The van der Waals surface area contributed by atoms with E-state index in [-0.39, 0.29) is 5.54 Å². The molecule has 0 aromatic rings. The van der Waals surface area contributed by atoms with E-state index in [0.717, 1.165) is 31.5 Å². The molecular formula is C17H32N2O. The molecule has 3 nitrogen and oxygen atoms in total. The van der Waals surface area contributed by atoms with Crippen LogP contribution in [0.5, 0.6) is 0 Å². The molecule has 2 heterocycles. The van der Waals surface area contributed by atoms with Gasteiger partial charge in [-0.05, 0) is 51.0 Å².